The molecule has 6 heteroatoms. The largest absolute Gasteiger partial charge is 0.453 e. The molecule has 1 saturated heterocycles. The first kappa shape index (κ1) is 18.2. The molecule has 5 nitrogen and oxygen atoms in total. The first-order valence-corrected chi connectivity index (χ1v) is 8.97. The number of likely N-dealkylation sites (tertiary alicyclic amines) is 1. The van der Waals surface area contributed by atoms with Crippen LogP contribution in [0.3, 0.4) is 0 Å². The van der Waals surface area contributed by atoms with E-state index in [0.717, 1.165) is 30.5 Å². The Balaban J connectivity index is 1.59. The van der Waals surface area contributed by atoms with Crippen molar-refractivity contribution < 1.29 is 9.13 Å². The van der Waals surface area contributed by atoms with E-state index < -0.39 is 5.82 Å². The first-order chi connectivity index (χ1) is 12.7. The van der Waals surface area contributed by atoms with Crippen LogP contribution in [0.5, 0.6) is 11.5 Å². The lowest BCUT2D eigenvalue weighted by atomic mass is 9.99. The number of piperidine rings is 1. The van der Waals surface area contributed by atoms with Crippen LogP contribution in [0.2, 0.25) is 0 Å². The van der Waals surface area contributed by atoms with E-state index in [4.69, 9.17) is 4.74 Å². The second kappa shape index (κ2) is 8.65. The molecule has 138 valence electrons. The van der Waals surface area contributed by atoms with Crippen molar-refractivity contribution >= 4 is 5.96 Å². The van der Waals surface area contributed by atoms with Crippen molar-refractivity contribution in [1.29, 1.82) is 0 Å². The Kier molecular flexibility index (Phi) is 6.04. The summed E-state index contributed by atoms with van der Waals surface area (Å²) in [6.07, 6.45) is 5.55. The van der Waals surface area contributed by atoms with Crippen LogP contribution in [0.15, 0.2) is 47.7 Å². The summed E-state index contributed by atoms with van der Waals surface area (Å²) in [7, 11) is 1.78. The number of benzene rings is 1. The Labute approximate surface area is 153 Å². The van der Waals surface area contributed by atoms with Gasteiger partial charge in [0, 0.05) is 32.9 Å². The predicted molar refractivity (Wildman–Crippen MR) is 101 cm³/mol. The summed E-state index contributed by atoms with van der Waals surface area (Å²) in [4.78, 5) is 10.6. The minimum absolute atomic E-state index is 0.191. The predicted octanol–water partition coefficient (Wildman–Crippen LogP) is 3.82. The van der Waals surface area contributed by atoms with E-state index in [9.17, 15) is 4.39 Å². The van der Waals surface area contributed by atoms with E-state index in [0.29, 0.717) is 12.3 Å². The molecular weight excluding hydrogens is 331 g/mol. The number of nitrogens with one attached hydrogen (secondary N) is 1. The van der Waals surface area contributed by atoms with Gasteiger partial charge in [0.05, 0.1) is 6.20 Å². The van der Waals surface area contributed by atoms with Crippen LogP contribution in [0.25, 0.3) is 0 Å². The molecule has 1 aliphatic heterocycles. The fourth-order valence-electron chi connectivity index (χ4n) is 3.01. The summed E-state index contributed by atoms with van der Waals surface area (Å²) < 4.78 is 19.9. The Bertz CT molecular complexity index is 743. The van der Waals surface area contributed by atoms with Crippen LogP contribution in [0.1, 0.15) is 25.3 Å². The summed E-state index contributed by atoms with van der Waals surface area (Å²) >= 11 is 0. The molecule has 2 heterocycles. The molecule has 0 radical (unpaired) electrons. The number of guanidine groups is 1. The fourth-order valence-corrected chi connectivity index (χ4v) is 3.01. The lowest BCUT2D eigenvalue weighted by molar-refractivity contribution is 0.273. The van der Waals surface area contributed by atoms with Crippen molar-refractivity contribution in [3.8, 4) is 11.5 Å². The molecule has 0 aliphatic carbocycles. The van der Waals surface area contributed by atoms with Gasteiger partial charge in [-0.25, -0.2) is 4.39 Å². The summed E-state index contributed by atoms with van der Waals surface area (Å²) in [6, 6.07) is 8.48. The number of ether oxygens (including phenoxy) is 1. The van der Waals surface area contributed by atoms with Gasteiger partial charge in [-0.1, -0.05) is 13.0 Å². The third-order valence-corrected chi connectivity index (χ3v) is 4.60. The molecule has 0 atom stereocenters. The third-order valence-electron chi connectivity index (χ3n) is 4.60. The number of nitrogens with zero attached hydrogens (tertiary/aromatic N) is 3. The Morgan fingerprint density at radius 2 is 2.15 bits per heavy atom. The highest BCUT2D eigenvalue weighted by Gasteiger charge is 2.18. The second-order valence-corrected chi connectivity index (χ2v) is 6.63. The van der Waals surface area contributed by atoms with Gasteiger partial charge in [-0.05, 0) is 48.6 Å². The van der Waals surface area contributed by atoms with Crippen molar-refractivity contribution in [2.45, 2.75) is 26.3 Å². The van der Waals surface area contributed by atoms with Crippen molar-refractivity contribution in [3.63, 3.8) is 0 Å². The third kappa shape index (κ3) is 4.71. The summed E-state index contributed by atoms with van der Waals surface area (Å²) in [5.74, 6) is 1.95. The highest BCUT2D eigenvalue weighted by Crippen LogP contribution is 2.24. The van der Waals surface area contributed by atoms with Crippen LogP contribution in [0, 0.1) is 11.7 Å². The van der Waals surface area contributed by atoms with E-state index in [-0.39, 0.29) is 5.75 Å². The monoisotopic (exact) mass is 356 g/mol. The molecule has 1 fully saturated rings. The lowest BCUT2D eigenvalue weighted by Crippen LogP contribution is -2.45. The van der Waals surface area contributed by atoms with Crippen molar-refractivity contribution in [2.24, 2.45) is 10.9 Å². The van der Waals surface area contributed by atoms with Gasteiger partial charge in [0.2, 0.25) is 0 Å². The standard InChI is InChI=1S/C20H25FN4O/c1-15-7-10-25(11-8-15)20(22-2)24-13-16-5-6-19(18(21)12-16)26-17-4-3-9-23-14-17/h3-6,9,12,14-15H,7-8,10-11,13H2,1-2H3,(H,22,24). The van der Waals surface area contributed by atoms with Gasteiger partial charge in [0.1, 0.15) is 5.75 Å². The number of hydrogen-bond donors (Lipinski definition) is 1. The maximum Gasteiger partial charge on any atom is 0.193 e. The number of aliphatic imine (C=N–C) groups is 1. The molecule has 0 unspecified atom stereocenters. The smallest absolute Gasteiger partial charge is 0.193 e. The quantitative estimate of drug-likeness (QED) is 0.668. The van der Waals surface area contributed by atoms with E-state index in [2.05, 4.69) is 27.1 Å². The van der Waals surface area contributed by atoms with E-state index in [1.165, 1.54) is 18.9 Å². The van der Waals surface area contributed by atoms with Crippen LogP contribution in [0.4, 0.5) is 4.39 Å². The zero-order chi connectivity index (χ0) is 18.4. The minimum Gasteiger partial charge on any atom is -0.453 e. The molecule has 1 N–H and O–H groups in total. The molecule has 0 saturated carbocycles. The van der Waals surface area contributed by atoms with Gasteiger partial charge in [-0.3, -0.25) is 9.98 Å². The summed E-state index contributed by atoms with van der Waals surface area (Å²) in [5.41, 5.74) is 0.840. The van der Waals surface area contributed by atoms with Gasteiger partial charge < -0.3 is 15.0 Å². The molecule has 1 aliphatic rings. The van der Waals surface area contributed by atoms with Gasteiger partial charge in [0.25, 0.3) is 0 Å². The molecule has 26 heavy (non-hydrogen) atoms. The zero-order valence-corrected chi connectivity index (χ0v) is 15.3. The minimum atomic E-state index is -0.394. The average molecular weight is 356 g/mol. The van der Waals surface area contributed by atoms with Crippen LogP contribution in [-0.2, 0) is 6.54 Å². The lowest BCUT2D eigenvalue weighted by Gasteiger charge is -2.32. The van der Waals surface area contributed by atoms with Crippen molar-refractivity contribution in [1.82, 2.24) is 15.2 Å². The zero-order valence-electron chi connectivity index (χ0n) is 15.3. The fraction of sp³-hybridized carbons (Fsp3) is 0.400. The van der Waals surface area contributed by atoms with Crippen LogP contribution >= 0.6 is 0 Å². The van der Waals surface area contributed by atoms with Crippen molar-refractivity contribution in [2.75, 3.05) is 20.1 Å². The van der Waals surface area contributed by atoms with Gasteiger partial charge in [-0.15, -0.1) is 0 Å². The molecule has 1 aromatic heterocycles. The van der Waals surface area contributed by atoms with Crippen molar-refractivity contribution in [3.05, 3.63) is 54.1 Å². The molecule has 0 amide bonds. The summed E-state index contributed by atoms with van der Waals surface area (Å²) in [6.45, 7) is 4.81. The van der Waals surface area contributed by atoms with Crippen LogP contribution < -0.4 is 10.1 Å². The Morgan fingerprint density at radius 3 is 2.81 bits per heavy atom. The van der Waals surface area contributed by atoms with Gasteiger partial charge in [-0.2, -0.15) is 0 Å². The van der Waals surface area contributed by atoms with Gasteiger partial charge >= 0.3 is 0 Å². The molecule has 1 aromatic carbocycles. The number of pyridine rings is 1. The van der Waals surface area contributed by atoms with E-state index in [1.807, 2.05) is 6.07 Å². The molecule has 0 bridgehead atoms. The average Bonchev–Trinajstić information content (AvgIpc) is 2.66. The molecule has 0 spiro atoms. The second-order valence-electron chi connectivity index (χ2n) is 6.63. The van der Waals surface area contributed by atoms with E-state index in [1.54, 1.807) is 37.6 Å². The van der Waals surface area contributed by atoms with E-state index >= 15 is 0 Å². The molecular formula is C20H25FN4O. The summed E-state index contributed by atoms with van der Waals surface area (Å²) in [5, 5.41) is 3.33. The maximum absolute atomic E-state index is 14.3. The Hall–Kier alpha value is -2.63. The molecule has 3 rings (SSSR count). The SMILES string of the molecule is CN=C(NCc1ccc(Oc2cccnc2)c(F)c1)N1CCC(C)CC1. The van der Waals surface area contributed by atoms with Gasteiger partial charge in [0.15, 0.2) is 17.5 Å². The normalized spacial score (nSPS) is 15.8. The maximum atomic E-state index is 14.3. The first-order valence-electron chi connectivity index (χ1n) is 8.97. The number of rotatable bonds is 4. The Morgan fingerprint density at radius 1 is 1.35 bits per heavy atom. The number of hydrogen-bond acceptors (Lipinski definition) is 3. The number of halogens is 1. The highest BCUT2D eigenvalue weighted by molar-refractivity contribution is 5.79. The van der Waals surface area contributed by atoms with Crippen LogP contribution in [-0.4, -0.2) is 36.0 Å². The topological polar surface area (TPSA) is 49.8 Å². The molecule has 2 aromatic rings. The highest BCUT2D eigenvalue weighted by atomic mass is 19.1. The number of aromatic nitrogens is 1.